The van der Waals surface area contributed by atoms with E-state index >= 15 is 0 Å². The van der Waals surface area contributed by atoms with E-state index in [9.17, 15) is 30.6 Å². The third-order valence-electron chi connectivity index (χ3n) is 6.76. The Morgan fingerprint density at radius 1 is 0.684 bits per heavy atom. The second kappa shape index (κ2) is 13.4. The number of aliphatic hydroxyl groups excluding tert-OH is 6. The van der Waals surface area contributed by atoms with Crippen molar-refractivity contribution in [2.75, 3.05) is 26.3 Å². The first-order valence-corrected chi connectivity index (χ1v) is 12.7. The molecule has 2 aliphatic rings. The van der Waals surface area contributed by atoms with Crippen LogP contribution in [-0.2, 0) is 18.9 Å². The average molecular weight is 533 g/mol. The van der Waals surface area contributed by atoms with Crippen molar-refractivity contribution in [3.8, 4) is 0 Å². The molecule has 2 fully saturated rings. The summed E-state index contributed by atoms with van der Waals surface area (Å²) in [5.41, 5.74) is 1.43. The van der Waals surface area contributed by atoms with Crippen molar-refractivity contribution < 1.29 is 49.6 Å². The Bertz CT molecular complexity index is 898. The molecule has 6 N–H and O–H groups in total. The molecule has 0 spiro atoms. The van der Waals surface area contributed by atoms with E-state index in [2.05, 4.69) is 0 Å². The number of ether oxygens (including phenoxy) is 4. The molecule has 0 aliphatic carbocycles. The highest BCUT2D eigenvalue weighted by atomic mass is 16.7. The lowest BCUT2D eigenvalue weighted by atomic mass is 9.98. The van der Waals surface area contributed by atoms with Gasteiger partial charge in [0.15, 0.2) is 20.6 Å². The Hall–Kier alpha value is -1.94. The molecule has 0 radical (unpaired) electrons. The zero-order chi connectivity index (χ0) is 27.2. The summed E-state index contributed by atoms with van der Waals surface area (Å²) < 4.78 is 22.6. The molecule has 0 saturated carbocycles. The lowest BCUT2D eigenvalue weighted by Gasteiger charge is -2.39. The standard InChI is InChI=1S/C26H36BNO10/c27-28(11-17(29)21(33)23-19(31)13-35-25(37-23)15-7-3-1-4-8-15)12-18(30)22(34)24-20(32)14-36-26(38-24)16-9-5-2-6-10-16/h1-10,17-26,29-34H,11-14,27H2. The van der Waals surface area contributed by atoms with E-state index in [1.54, 1.807) is 32.2 Å². The molecule has 12 heteroatoms. The van der Waals surface area contributed by atoms with Gasteiger partial charge in [-0.25, -0.2) is 0 Å². The second-order valence-corrected chi connectivity index (χ2v) is 9.83. The Labute approximate surface area is 222 Å². The number of hydrogen-bond donors (Lipinski definition) is 6. The van der Waals surface area contributed by atoms with Gasteiger partial charge in [0.2, 0.25) is 0 Å². The van der Waals surface area contributed by atoms with E-state index < -0.39 is 61.4 Å². The molecule has 2 aliphatic heterocycles. The van der Waals surface area contributed by atoms with Crippen molar-refractivity contribution in [3.63, 3.8) is 0 Å². The third kappa shape index (κ3) is 7.17. The van der Waals surface area contributed by atoms with Gasteiger partial charge in [0.25, 0.3) is 0 Å². The van der Waals surface area contributed by atoms with Gasteiger partial charge in [-0.3, -0.25) is 0 Å². The van der Waals surface area contributed by atoms with Gasteiger partial charge >= 0.3 is 0 Å². The Morgan fingerprint density at radius 2 is 1.05 bits per heavy atom. The lowest BCUT2D eigenvalue weighted by molar-refractivity contribution is -0.284. The Morgan fingerprint density at radius 3 is 1.42 bits per heavy atom. The van der Waals surface area contributed by atoms with Crippen molar-refractivity contribution in [3.05, 3.63) is 71.8 Å². The zero-order valence-corrected chi connectivity index (χ0v) is 21.1. The zero-order valence-electron chi connectivity index (χ0n) is 21.1. The summed E-state index contributed by atoms with van der Waals surface area (Å²) in [6.07, 6.45) is -11.7. The maximum Gasteiger partial charge on any atom is 0.185 e. The maximum absolute atomic E-state index is 10.7. The molecular formula is C26H36BNO10. The molecule has 208 valence electrons. The summed E-state index contributed by atoms with van der Waals surface area (Å²) in [6, 6.07) is 18.1. The predicted octanol–water partition coefficient (Wildman–Crippen LogP) is -1.77. The van der Waals surface area contributed by atoms with E-state index in [0.717, 1.165) is 0 Å². The minimum atomic E-state index is -1.45. The molecule has 0 amide bonds. The van der Waals surface area contributed by atoms with Crippen LogP contribution in [0.4, 0.5) is 0 Å². The molecule has 10 unspecified atom stereocenters. The predicted molar refractivity (Wildman–Crippen MR) is 136 cm³/mol. The van der Waals surface area contributed by atoms with Gasteiger partial charge < -0.3 is 54.4 Å². The molecule has 2 aromatic carbocycles. The fourth-order valence-corrected chi connectivity index (χ4v) is 4.66. The van der Waals surface area contributed by atoms with Gasteiger partial charge in [-0.15, -0.1) is 0 Å². The van der Waals surface area contributed by atoms with Gasteiger partial charge in [0.1, 0.15) is 36.6 Å². The second-order valence-electron chi connectivity index (χ2n) is 9.83. The van der Waals surface area contributed by atoms with Crippen LogP contribution in [0.1, 0.15) is 23.7 Å². The van der Waals surface area contributed by atoms with Gasteiger partial charge in [-0.1, -0.05) is 60.7 Å². The average Bonchev–Trinajstić information content (AvgIpc) is 2.93. The van der Waals surface area contributed by atoms with Gasteiger partial charge in [0, 0.05) is 24.2 Å². The number of nitrogens with zero attached hydrogens (tertiary/aromatic N) is 1. The summed E-state index contributed by atoms with van der Waals surface area (Å²) in [7, 11) is 1.59. The van der Waals surface area contributed by atoms with Crippen LogP contribution in [0.15, 0.2) is 60.7 Å². The minimum Gasteiger partial charge on any atom is -0.389 e. The van der Waals surface area contributed by atoms with E-state index in [-0.39, 0.29) is 26.3 Å². The van der Waals surface area contributed by atoms with E-state index in [1.807, 2.05) is 36.4 Å². The number of hydrogen-bond acceptors (Lipinski definition) is 11. The van der Waals surface area contributed by atoms with Crippen LogP contribution >= 0.6 is 0 Å². The fourth-order valence-electron chi connectivity index (χ4n) is 4.66. The van der Waals surface area contributed by atoms with Crippen LogP contribution < -0.4 is 0 Å². The first-order chi connectivity index (χ1) is 18.2. The molecule has 0 bridgehead atoms. The molecule has 11 nitrogen and oxygen atoms in total. The van der Waals surface area contributed by atoms with Crippen molar-refractivity contribution >= 4 is 7.98 Å². The van der Waals surface area contributed by atoms with Crippen molar-refractivity contribution in [2.45, 2.75) is 61.4 Å². The fraction of sp³-hybridized carbons (Fsp3) is 0.538. The molecule has 2 saturated heterocycles. The largest absolute Gasteiger partial charge is 0.389 e. The van der Waals surface area contributed by atoms with E-state index in [1.165, 1.54) is 4.81 Å². The van der Waals surface area contributed by atoms with Crippen LogP contribution in [0.25, 0.3) is 0 Å². The van der Waals surface area contributed by atoms with Gasteiger partial charge in [-0.05, 0) is 0 Å². The van der Waals surface area contributed by atoms with Crippen LogP contribution in [-0.4, -0.2) is 119 Å². The molecule has 4 rings (SSSR count). The maximum atomic E-state index is 10.7. The highest BCUT2D eigenvalue weighted by Crippen LogP contribution is 2.30. The van der Waals surface area contributed by atoms with Crippen molar-refractivity contribution in [2.24, 2.45) is 0 Å². The summed E-state index contributed by atoms with van der Waals surface area (Å²) in [6.45, 7) is -0.352. The molecule has 2 aromatic rings. The smallest absolute Gasteiger partial charge is 0.185 e. The first-order valence-electron chi connectivity index (χ1n) is 12.7. The highest BCUT2D eigenvalue weighted by Gasteiger charge is 2.41. The van der Waals surface area contributed by atoms with Crippen LogP contribution in [0.2, 0.25) is 0 Å². The first kappa shape index (κ1) is 29.1. The van der Waals surface area contributed by atoms with Crippen molar-refractivity contribution in [1.82, 2.24) is 4.81 Å². The van der Waals surface area contributed by atoms with Crippen LogP contribution in [0.5, 0.6) is 0 Å². The number of aliphatic hydroxyl groups is 6. The number of rotatable bonds is 10. The molecule has 0 aromatic heterocycles. The molecule has 2 heterocycles. The SMILES string of the molecule is BN(CC(O)C(O)C1OC(c2ccccc2)OCC1O)CC(O)C(O)C1OC(c2ccccc2)OCC1O. The van der Waals surface area contributed by atoms with Gasteiger partial charge in [0.05, 0.1) is 25.4 Å². The summed E-state index contributed by atoms with van der Waals surface area (Å²) in [4.78, 5) is 1.52. The normalized spacial score (nSPS) is 31.4. The summed E-state index contributed by atoms with van der Waals surface area (Å²) in [5.74, 6) is 0. The highest BCUT2D eigenvalue weighted by molar-refractivity contribution is 6.04. The lowest BCUT2D eigenvalue weighted by Crippen LogP contribution is -2.56. The number of benzene rings is 2. The Balaban J connectivity index is 1.29. The summed E-state index contributed by atoms with van der Waals surface area (Å²) >= 11 is 0. The van der Waals surface area contributed by atoms with Crippen LogP contribution in [0, 0.1) is 0 Å². The quantitative estimate of drug-likeness (QED) is 0.192. The molecule has 10 atom stereocenters. The topological polar surface area (TPSA) is 162 Å². The summed E-state index contributed by atoms with van der Waals surface area (Å²) in [5, 5.41) is 63.5. The Kier molecular flexibility index (Phi) is 10.3. The van der Waals surface area contributed by atoms with E-state index in [4.69, 9.17) is 18.9 Å². The monoisotopic (exact) mass is 533 g/mol. The van der Waals surface area contributed by atoms with Crippen LogP contribution in [0.3, 0.4) is 0 Å². The molecule has 38 heavy (non-hydrogen) atoms. The van der Waals surface area contributed by atoms with E-state index in [0.29, 0.717) is 11.1 Å². The minimum absolute atomic E-state index is 0.0772. The molecular weight excluding hydrogens is 497 g/mol. The third-order valence-corrected chi connectivity index (χ3v) is 6.76. The van der Waals surface area contributed by atoms with Crippen molar-refractivity contribution in [1.29, 1.82) is 0 Å². The van der Waals surface area contributed by atoms with Gasteiger partial charge in [-0.2, -0.15) is 0 Å².